The normalized spacial score (nSPS) is 21.1. The Morgan fingerprint density at radius 2 is 2.15 bits per heavy atom. The van der Waals surface area contributed by atoms with Crippen molar-refractivity contribution >= 4 is 12.0 Å². The highest BCUT2D eigenvalue weighted by Crippen LogP contribution is 2.31. The fourth-order valence-electron chi connectivity index (χ4n) is 2.49. The lowest BCUT2D eigenvalue weighted by atomic mass is 10.1. The minimum Gasteiger partial charge on any atom is -0.465 e. The molecule has 3 rings (SSSR count). The summed E-state index contributed by atoms with van der Waals surface area (Å²) in [6.07, 6.45) is 4.56. The molecule has 1 amide bonds. The van der Waals surface area contributed by atoms with Gasteiger partial charge in [0.05, 0.1) is 18.4 Å². The first-order valence-corrected chi connectivity index (χ1v) is 6.52. The lowest BCUT2D eigenvalue weighted by Gasteiger charge is -2.16. The molecule has 0 fully saturated rings. The lowest BCUT2D eigenvalue weighted by molar-refractivity contribution is -0.117. The van der Waals surface area contributed by atoms with Gasteiger partial charge in [-0.2, -0.15) is 0 Å². The molecular formula is C16H15NO3. The van der Waals surface area contributed by atoms with E-state index in [-0.39, 0.29) is 11.9 Å². The summed E-state index contributed by atoms with van der Waals surface area (Å²) in [5.41, 5.74) is 2.07. The van der Waals surface area contributed by atoms with Crippen molar-refractivity contribution in [2.24, 2.45) is 0 Å². The quantitative estimate of drug-likeness (QED) is 0.838. The van der Waals surface area contributed by atoms with E-state index in [2.05, 4.69) is 5.32 Å². The molecule has 20 heavy (non-hydrogen) atoms. The van der Waals surface area contributed by atoms with Gasteiger partial charge in [-0.05, 0) is 29.3 Å². The highest BCUT2D eigenvalue weighted by Gasteiger charge is 2.31. The van der Waals surface area contributed by atoms with Gasteiger partial charge in [-0.3, -0.25) is 4.79 Å². The van der Waals surface area contributed by atoms with Crippen molar-refractivity contribution in [2.75, 3.05) is 0 Å². The van der Waals surface area contributed by atoms with Crippen LogP contribution in [0.2, 0.25) is 0 Å². The number of carbonyl (C=O) groups is 1. The minimum atomic E-state index is -0.576. The summed E-state index contributed by atoms with van der Waals surface area (Å²) in [4.78, 5) is 11.9. The van der Waals surface area contributed by atoms with Crippen LogP contribution in [-0.2, 0) is 11.2 Å². The van der Waals surface area contributed by atoms with Crippen LogP contribution in [0.5, 0.6) is 0 Å². The van der Waals surface area contributed by atoms with Gasteiger partial charge in [0, 0.05) is 12.5 Å². The molecule has 2 N–H and O–H groups in total. The van der Waals surface area contributed by atoms with Gasteiger partial charge < -0.3 is 14.8 Å². The van der Waals surface area contributed by atoms with Crippen molar-refractivity contribution in [3.8, 4) is 0 Å². The summed E-state index contributed by atoms with van der Waals surface area (Å²) in [7, 11) is 0. The average molecular weight is 269 g/mol. The molecule has 1 aliphatic rings. The number of fused-ring (bicyclic) bond motifs is 1. The molecule has 1 aliphatic carbocycles. The van der Waals surface area contributed by atoms with Gasteiger partial charge in [-0.25, -0.2) is 0 Å². The Balaban J connectivity index is 1.70. The first-order valence-electron chi connectivity index (χ1n) is 6.52. The highest BCUT2D eigenvalue weighted by atomic mass is 16.3. The second-order valence-corrected chi connectivity index (χ2v) is 4.81. The summed E-state index contributed by atoms with van der Waals surface area (Å²) in [5.74, 6) is 0.370. The minimum absolute atomic E-state index is 0.248. The first kappa shape index (κ1) is 12.7. The van der Waals surface area contributed by atoms with Crippen LogP contribution in [0.1, 0.15) is 22.9 Å². The molecule has 0 bridgehead atoms. The van der Waals surface area contributed by atoms with Gasteiger partial charge in [0.15, 0.2) is 0 Å². The van der Waals surface area contributed by atoms with Crippen LogP contribution in [-0.4, -0.2) is 17.1 Å². The van der Waals surface area contributed by atoms with Crippen LogP contribution in [0, 0.1) is 0 Å². The number of furan rings is 1. The standard InChI is InChI=1S/C16H15NO3/c18-14-10-11-4-1-2-6-13(11)16(14)17-15(19)8-7-12-5-3-9-20-12/h1-9,14,16,18H,10H2,(H,17,19). The zero-order valence-electron chi connectivity index (χ0n) is 10.8. The molecule has 1 aromatic heterocycles. The molecule has 1 heterocycles. The molecule has 0 aliphatic heterocycles. The average Bonchev–Trinajstić information content (AvgIpc) is 3.06. The number of nitrogens with one attached hydrogen (secondary N) is 1. The van der Waals surface area contributed by atoms with Crippen LogP contribution in [0.25, 0.3) is 6.08 Å². The third kappa shape index (κ3) is 2.51. The predicted molar refractivity (Wildman–Crippen MR) is 74.8 cm³/mol. The van der Waals surface area contributed by atoms with E-state index in [4.69, 9.17) is 4.42 Å². The van der Waals surface area contributed by atoms with Crippen molar-refractivity contribution in [2.45, 2.75) is 18.6 Å². The van der Waals surface area contributed by atoms with E-state index in [9.17, 15) is 9.90 Å². The molecule has 2 unspecified atom stereocenters. The Morgan fingerprint density at radius 3 is 2.95 bits per heavy atom. The predicted octanol–water partition coefficient (Wildman–Crippen LogP) is 2.07. The Hall–Kier alpha value is -2.33. The Labute approximate surface area is 116 Å². The van der Waals surface area contributed by atoms with Crippen molar-refractivity contribution in [1.82, 2.24) is 5.32 Å². The monoisotopic (exact) mass is 269 g/mol. The van der Waals surface area contributed by atoms with Crippen molar-refractivity contribution in [3.63, 3.8) is 0 Å². The zero-order valence-corrected chi connectivity index (χ0v) is 10.8. The van der Waals surface area contributed by atoms with Crippen molar-refractivity contribution < 1.29 is 14.3 Å². The van der Waals surface area contributed by atoms with E-state index in [1.807, 2.05) is 24.3 Å². The molecule has 1 aromatic carbocycles. The lowest BCUT2D eigenvalue weighted by Crippen LogP contribution is -2.32. The maximum atomic E-state index is 11.9. The van der Waals surface area contributed by atoms with Crippen LogP contribution in [0.3, 0.4) is 0 Å². The summed E-state index contributed by atoms with van der Waals surface area (Å²) >= 11 is 0. The molecule has 2 aromatic rings. The summed E-state index contributed by atoms with van der Waals surface area (Å²) in [5, 5.41) is 12.9. The molecule has 0 radical (unpaired) electrons. The number of hydrogen-bond acceptors (Lipinski definition) is 3. The van der Waals surface area contributed by atoms with Crippen LogP contribution in [0.15, 0.2) is 53.2 Å². The number of carbonyl (C=O) groups excluding carboxylic acids is 1. The number of rotatable bonds is 3. The number of benzene rings is 1. The summed E-state index contributed by atoms with van der Waals surface area (Å²) in [6.45, 7) is 0. The number of aliphatic hydroxyl groups excluding tert-OH is 1. The van der Waals surface area contributed by atoms with Crippen molar-refractivity contribution in [1.29, 1.82) is 0 Å². The fraction of sp³-hybridized carbons (Fsp3) is 0.188. The van der Waals surface area contributed by atoms with Gasteiger partial charge in [-0.1, -0.05) is 24.3 Å². The van der Waals surface area contributed by atoms with Gasteiger partial charge in [0.1, 0.15) is 5.76 Å². The van der Waals surface area contributed by atoms with E-state index < -0.39 is 6.10 Å². The number of amides is 1. The molecule has 4 nitrogen and oxygen atoms in total. The zero-order chi connectivity index (χ0) is 13.9. The molecule has 2 atom stereocenters. The van der Waals surface area contributed by atoms with E-state index in [1.54, 1.807) is 24.5 Å². The fourth-order valence-corrected chi connectivity index (χ4v) is 2.49. The maximum Gasteiger partial charge on any atom is 0.244 e. The largest absolute Gasteiger partial charge is 0.465 e. The van der Waals surface area contributed by atoms with Crippen LogP contribution < -0.4 is 5.32 Å². The van der Waals surface area contributed by atoms with Gasteiger partial charge in [-0.15, -0.1) is 0 Å². The molecular weight excluding hydrogens is 254 g/mol. The third-order valence-electron chi connectivity index (χ3n) is 3.44. The number of aliphatic hydroxyl groups is 1. The molecule has 4 heteroatoms. The van der Waals surface area contributed by atoms with Crippen LogP contribution in [0.4, 0.5) is 0 Å². The third-order valence-corrected chi connectivity index (χ3v) is 3.44. The van der Waals surface area contributed by atoms with E-state index >= 15 is 0 Å². The first-order chi connectivity index (χ1) is 9.74. The Morgan fingerprint density at radius 1 is 1.30 bits per heavy atom. The summed E-state index contributed by atoms with van der Waals surface area (Å²) < 4.78 is 5.12. The van der Waals surface area contributed by atoms with Gasteiger partial charge in [0.25, 0.3) is 0 Å². The maximum absolute atomic E-state index is 11.9. The molecule has 102 valence electrons. The highest BCUT2D eigenvalue weighted by molar-refractivity contribution is 5.91. The van der Waals surface area contributed by atoms with E-state index in [0.29, 0.717) is 12.2 Å². The SMILES string of the molecule is O=C(C=Cc1ccco1)NC1c2ccccc2CC1O. The second kappa shape index (κ2) is 5.35. The second-order valence-electron chi connectivity index (χ2n) is 4.81. The summed E-state index contributed by atoms with van der Waals surface area (Å²) in [6, 6.07) is 10.9. The Kier molecular flexibility index (Phi) is 3.39. The van der Waals surface area contributed by atoms with E-state index in [0.717, 1.165) is 11.1 Å². The smallest absolute Gasteiger partial charge is 0.244 e. The molecule has 0 saturated carbocycles. The topological polar surface area (TPSA) is 62.5 Å². The number of hydrogen-bond donors (Lipinski definition) is 2. The van der Waals surface area contributed by atoms with Crippen molar-refractivity contribution in [3.05, 3.63) is 65.6 Å². The Bertz CT molecular complexity index is 631. The van der Waals surface area contributed by atoms with E-state index in [1.165, 1.54) is 6.08 Å². The molecule has 0 spiro atoms. The van der Waals surface area contributed by atoms with Crippen LogP contribution >= 0.6 is 0 Å². The van der Waals surface area contributed by atoms with Gasteiger partial charge in [0.2, 0.25) is 5.91 Å². The van der Waals surface area contributed by atoms with Gasteiger partial charge >= 0.3 is 0 Å². The molecule has 0 saturated heterocycles.